The number of allylic oxidation sites excluding steroid dienone is 1. The maximum absolute atomic E-state index is 13.7. The van der Waals surface area contributed by atoms with Gasteiger partial charge < -0.3 is 10.2 Å². The minimum absolute atomic E-state index is 0.0387. The molecule has 10 atom stereocenters. The smallest absolute Gasteiger partial charge is 0.159 e. The number of aliphatic hydroxyl groups excluding tert-OH is 1. The van der Waals surface area contributed by atoms with Crippen LogP contribution in [0.5, 0.6) is 0 Å². The largest absolute Gasteiger partial charge is 0.393 e. The summed E-state index contributed by atoms with van der Waals surface area (Å²) in [4.78, 5) is 13.7. The molecule has 1 aromatic carbocycles. The molecule has 0 aliphatic heterocycles. The van der Waals surface area contributed by atoms with Crippen LogP contribution in [-0.4, -0.2) is 27.7 Å². The van der Waals surface area contributed by atoms with Crippen molar-refractivity contribution in [2.75, 3.05) is 0 Å². The van der Waals surface area contributed by atoms with E-state index in [0.717, 1.165) is 55.0 Å². The molecule has 3 nitrogen and oxygen atoms in total. The first-order valence-corrected chi connectivity index (χ1v) is 16.4. The Balaban J connectivity index is 1.31. The lowest BCUT2D eigenvalue weighted by Gasteiger charge is -2.72. The normalized spacial score (nSPS) is 48.6. The van der Waals surface area contributed by atoms with Crippen molar-refractivity contribution < 1.29 is 15.0 Å². The first-order valence-electron chi connectivity index (χ1n) is 15.6. The molecule has 0 heterocycles. The molecule has 5 saturated carbocycles. The molecule has 0 saturated heterocycles. The number of ketones is 1. The van der Waals surface area contributed by atoms with Gasteiger partial charge in [-0.15, -0.1) is 0 Å². The van der Waals surface area contributed by atoms with Gasteiger partial charge in [0.25, 0.3) is 0 Å². The number of fused-ring (bicyclic) bond motifs is 7. The van der Waals surface area contributed by atoms with Crippen LogP contribution in [0.1, 0.15) is 104 Å². The van der Waals surface area contributed by atoms with Crippen molar-refractivity contribution in [3.8, 4) is 0 Å². The summed E-state index contributed by atoms with van der Waals surface area (Å²) >= 11 is 3.49. The summed E-state index contributed by atoms with van der Waals surface area (Å²) in [6, 6.07) is 8.07. The number of carbonyl (C=O) groups is 1. The lowest BCUT2D eigenvalue weighted by Crippen LogP contribution is -2.67. The standard InChI is InChI=1S/C35H49BrO3/c1-31(2)27-15-18-34(5)28(32(27,3)17-16-29(31)38)13-11-25-30-24(14-19-35(30,39)21-20-33(25,34)4)26(37)12-8-22-6-9-23(36)10-7-22/h6-10,12,24-25,27-30,38-39H,11,13-21H2,1-5H3/b12-8-/t24-,25+,27-,28+,29-,30+,32-,33+,34+,35-/m0/s1. The van der Waals surface area contributed by atoms with Gasteiger partial charge in [0.2, 0.25) is 0 Å². The average Bonchev–Trinajstić information content (AvgIpc) is 3.24. The number of hydrogen-bond donors (Lipinski definition) is 2. The van der Waals surface area contributed by atoms with Crippen LogP contribution >= 0.6 is 15.9 Å². The van der Waals surface area contributed by atoms with Gasteiger partial charge in [-0.2, -0.15) is 0 Å². The SMILES string of the molecule is CC1(C)[C@@H](O)CC[C@]2(C)[C@H]3CC[C@@H]4[C@H]5[C@H](C(=O)/C=C\c6ccc(Br)cc6)CC[C@]5(O)CC[C@@]4(C)[C@]3(C)CC[C@@H]12. The number of rotatable bonds is 3. The van der Waals surface area contributed by atoms with Gasteiger partial charge in [-0.1, -0.05) is 68.8 Å². The third-order valence-electron chi connectivity index (χ3n) is 14.0. The molecule has 0 aromatic heterocycles. The molecule has 0 radical (unpaired) electrons. The van der Waals surface area contributed by atoms with Crippen LogP contribution < -0.4 is 0 Å². The van der Waals surface area contributed by atoms with Crippen molar-refractivity contribution in [1.82, 2.24) is 0 Å². The van der Waals surface area contributed by atoms with Crippen LogP contribution in [0.2, 0.25) is 0 Å². The van der Waals surface area contributed by atoms with Gasteiger partial charge in [0.05, 0.1) is 11.7 Å². The lowest BCUT2D eigenvalue weighted by molar-refractivity contribution is -0.254. The van der Waals surface area contributed by atoms with Crippen LogP contribution in [0.15, 0.2) is 34.8 Å². The second kappa shape index (κ2) is 9.27. The van der Waals surface area contributed by atoms with E-state index in [4.69, 9.17) is 0 Å². The first-order chi connectivity index (χ1) is 18.3. The third-order valence-corrected chi connectivity index (χ3v) is 14.6. The van der Waals surface area contributed by atoms with Gasteiger partial charge in [-0.05, 0) is 127 Å². The van der Waals surface area contributed by atoms with E-state index < -0.39 is 5.60 Å². The molecule has 2 N–H and O–H groups in total. The van der Waals surface area contributed by atoms with E-state index in [1.165, 1.54) is 19.3 Å². The molecular weight excluding hydrogens is 548 g/mol. The Morgan fingerprint density at radius 1 is 0.846 bits per heavy atom. The molecule has 214 valence electrons. The maximum Gasteiger partial charge on any atom is 0.159 e. The summed E-state index contributed by atoms with van der Waals surface area (Å²) in [6.07, 6.45) is 13.8. The van der Waals surface area contributed by atoms with Gasteiger partial charge >= 0.3 is 0 Å². The highest BCUT2D eigenvalue weighted by molar-refractivity contribution is 9.10. The predicted molar refractivity (Wildman–Crippen MR) is 161 cm³/mol. The quantitative estimate of drug-likeness (QED) is 0.345. The molecule has 0 spiro atoms. The summed E-state index contributed by atoms with van der Waals surface area (Å²) in [7, 11) is 0. The van der Waals surface area contributed by atoms with E-state index in [2.05, 4.69) is 50.5 Å². The Morgan fingerprint density at radius 2 is 1.56 bits per heavy atom. The molecule has 39 heavy (non-hydrogen) atoms. The van der Waals surface area contributed by atoms with Crippen molar-refractivity contribution in [1.29, 1.82) is 0 Å². The Labute approximate surface area is 244 Å². The lowest BCUT2D eigenvalue weighted by atomic mass is 9.33. The Bertz CT molecular complexity index is 1160. The van der Waals surface area contributed by atoms with E-state index in [1.807, 2.05) is 30.3 Å². The highest BCUT2D eigenvalue weighted by Crippen LogP contribution is 2.76. The fraction of sp³-hybridized carbons (Fsp3) is 0.743. The number of halogens is 1. The van der Waals surface area contributed by atoms with Crippen LogP contribution in [0.3, 0.4) is 0 Å². The second-order valence-corrected chi connectivity index (χ2v) is 16.5. The van der Waals surface area contributed by atoms with Gasteiger partial charge in [0.15, 0.2) is 5.78 Å². The molecule has 5 fully saturated rings. The minimum Gasteiger partial charge on any atom is -0.393 e. The van der Waals surface area contributed by atoms with E-state index in [1.54, 1.807) is 6.08 Å². The number of benzene rings is 1. The fourth-order valence-corrected chi connectivity index (χ4v) is 12.0. The molecule has 0 amide bonds. The van der Waals surface area contributed by atoms with Crippen molar-refractivity contribution in [2.24, 2.45) is 51.2 Å². The molecule has 5 aliphatic carbocycles. The monoisotopic (exact) mass is 596 g/mol. The number of hydrogen-bond acceptors (Lipinski definition) is 3. The molecular formula is C35H49BrO3. The fourth-order valence-electron chi connectivity index (χ4n) is 11.8. The van der Waals surface area contributed by atoms with Crippen LogP contribution in [-0.2, 0) is 4.79 Å². The van der Waals surface area contributed by atoms with Crippen molar-refractivity contribution in [3.05, 3.63) is 40.4 Å². The van der Waals surface area contributed by atoms with Crippen LogP contribution in [0, 0.1) is 51.2 Å². The summed E-state index contributed by atoms with van der Waals surface area (Å²) < 4.78 is 1.04. The zero-order valence-corrected chi connectivity index (χ0v) is 26.3. The van der Waals surface area contributed by atoms with Crippen molar-refractivity contribution >= 4 is 27.8 Å². The zero-order chi connectivity index (χ0) is 28.0. The van der Waals surface area contributed by atoms with E-state index in [-0.39, 0.29) is 45.4 Å². The zero-order valence-electron chi connectivity index (χ0n) is 24.7. The Morgan fingerprint density at radius 3 is 2.28 bits per heavy atom. The highest BCUT2D eigenvalue weighted by atomic mass is 79.9. The van der Waals surface area contributed by atoms with Gasteiger partial charge in [-0.25, -0.2) is 0 Å². The van der Waals surface area contributed by atoms with Crippen molar-refractivity contribution in [3.63, 3.8) is 0 Å². The minimum atomic E-state index is -0.697. The topological polar surface area (TPSA) is 57.5 Å². The summed E-state index contributed by atoms with van der Waals surface area (Å²) in [5.41, 5.74) is 0.867. The Hall–Kier alpha value is -0.970. The van der Waals surface area contributed by atoms with Gasteiger partial charge in [0, 0.05) is 16.3 Å². The predicted octanol–water partition coefficient (Wildman–Crippen LogP) is 8.22. The summed E-state index contributed by atoms with van der Waals surface area (Å²) in [5, 5.41) is 23.0. The molecule has 0 bridgehead atoms. The summed E-state index contributed by atoms with van der Waals surface area (Å²) in [6.45, 7) is 12.3. The third kappa shape index (κ3) is 3.97. The van der Waals surface area contributed by atoms with E-state index in [9.17, 15) is 15.0 Å². The average molecular weight is 598 g/mol. The maximum atomic E-state index is 13.7. The van der Waals surface area contributed by atoms with Gasteiger partial charge in [0.1, 0.15) is 0 Å². The Kier molecular flexibility index (Phi) is 6.69. The molecule has 6 rings (SSSR count). The number of carbonyl (C=O) groups excluding carboxylic acids is 1. The second-order valence-electron chi connectivity index (χ2n) is 15.6. The number of aliphatic hydroxyl groups is 2. The van der Waals surface area contributed by atoms with Crippen LogP contribution in [0.4, 0.5) is 0 Å². The first kappa shape index (κ1) is 28.2. The van der Waals surface area contributed by atoms with Gasteiger partial charge in [-0.3, -0.25) is 4.79 Å². The van der Waals surface area contributed by atoms with E-state index in [0.29, 0.717) is 17.8 Å². The van der Waals surface area contributed by atoms with Crippen molar-refractivity contribution in [2.45, 2.75) is 111 Å². The molecule has 5 aliphatic rings. The molecule has 0 unspecified atom stereocenters. The van der Waals surface area contributed by atoms with E-state index >= 15 is 0 Å². The molecule has 4 heteroatoms. The highest BCUT2D eigenvalue weighted by Gasteiger charge is 2.71. The van der Waals surface area contributed by atoms with Crippen LogP contribution in [0.25, 0.3) is 6.08 Å². The summed E-state index contributed by atoms with van der Waals surface area (Å²) in [5.74, 6) is 1.76. The molecule has 1 aromatic rings.